The number of carbonyl (C=O) groups excluding carboxylic acids is 3. The first kappa shape index (κ1) is 19.8. The third-order valence-electron chi connectivity index (χ3n) is 5.59. The lowest BCUT2D eigenvalue weighted by Crippen LogP contribution is -2.35. The second-order valence-electron chi connectivity index (χ2n) is 7.48. The minimum absolute atomic E-state index is 0.270. The van der Waals surface area contributed by atoms with Crippen LogP contribution in [-0.4, -0.2) is 33.6 Å². The van der Waals surface area contributed by atoms with Crippen molar-refractivity contribution in [2.75, 3.05) is 6.54 Å². The second kappa shape index (κ2) is 7.71. The zero-order valence-corrected chi connectivity index (χ0v) is 16.8. The first-order valence-electron chi connectivity index (χ1n) is 9.76. The van der Waals surface area contributed by atoms with Gasteiger partial charge in [-0.1, -0.05) is 24.3 Å². The van der Waals surface area contributed by atoms with Gasteiger partial charge in [-0.3, -0.25) is 19.3 Å². The fraction of sp³-hybridized carbons (Fsp3) is 0.208. The van der Waals surface area contributed by atoms with E-state index < -0.39 is 11.8 Å². The van der Waals surface area contributed by atoms with E-state index >= 15 is 0 Å². The summed E-state index contributed by atoms with van der Waals surface area (Å²) in [6, 6.07) is 14.7. The average molecular weight is 404 g/mol. The summed E-state index contributed by atoms with van der Waals surface area (Å²) in [5.74, 6) is -1.41. The molecule has 1 aliphatic heterocycles. The van der Waals surface area contributed by atoms with Crippen molar-refractivity contribution in [3.63, 3.8) is 0 Å². The largest absolute Gasteiger partial charge is 0.348 e. The number of amides is 2. The molecule has 152 valence electrons. The normalized spacial score (nSPS) is 13.1. The number of Topliss-reactive ketones (excluding diaryl/α,β-unsaturated/α-hetero) is 1. The number of ketones is 1. The SMILES string of the molecule is Cc1cc(C(=O)CN2C(=O)c3ccccc3C2=O)c(C)n1CCc1ccc(F)cc1. The Morgan fingerprint density at radius 1 is 0.933 bits per heavy atom. The van der Waals surface area contributed by atoms with Gasteiger partial charge in [0.25, 0.3) is 11.8 Å². The maximum atomic E-state index is 13.1. The summed E-state index contributed by atoms with van der Waals surface area (Å²) in [5.41, 5.74) is 3.88. The van der Waals surface area contributed by atoms with Crippen LogP contribution in [0.25, 0.3) is 0 Å². The molecular weight excluding hydrogens is 383 g/mol. The molecule has 2 aromatic carbocycles. The molecular formula is C24H21FN2O3. The van der Waals surface area contributed by atoms with Crippen LogP contribution >= 0.6 is 0 Å². The van der Waals surface area contributed by atoms with Crippen molar-refractivity contribution in [1.29, 1.82) is 0 Å². The summed E-state index contributed by atoms with van der Waals surface area (Å²) in [6.45, 7) is 4.13. The lowest BCUT2D eigenvalue weighted by Gasteiger charge is -2.13. The number of imide groups is 1. The highest BCUT2D eigenvalue weighted by Crippen LogP contribution is 2.24. The van der Waals surface area contributed by atoms with Crippen LogP contribution < -0.4 is 0 Å². The summed E-state index contributed by atoms with van der Waals surface area (Å²) >= 11 is 0. The number of benzene rings is 2. The van der Waals surface area contributed by atoms with Crippen LogP contribution in [0, 0.1) is 19.7 Å². The molecule has 2 amide bonds. The van der Waals surface area contributed by atoms with Crippen LogP contribution in [0.3, 0.4) is 0 Å². The van der Waals surface area contributed by atoms with Gasteiger partial charge in [0, 0.05) is 23.5 Å². The van der Waals surface area contributed by atoms with Crippen molar-refractivity contribution in [2.24, 2.45) is 0 Å². The number of carbonyl (C=O) groups is 3. The summed E-state index contributed by atoms with van der Waals surface area (Å²) in [4.78, 5) is 39.0. The molecule has 0 saturated carbocycles. The van der Waals surface area contributed by atoms with E-state index in [9.17, 15) is 18.8 Å². The zero-order chi connectivity index (χ0) is 21.4. The van der Waals surface area contributed by atoms with E-state index in [0.29, 0.717) is 29.7 Å². The molecule has 0 N–H and O–H groups in total. The number of nitrogens with zero attached hydrogens (tertiary/aromatic N) is 2. The first-order chi connectivity index (χ1) is 14.4. The minimum atomic E-state index is -0.436. The summed E-state index contributed by atoms with van der Waals surface area (Å²) in [6.07, 6.45) is 0.697. The Balaban J connectivity index is 1.50. The van der Waals surface area contributed by atoms with Gasteiger partial charge in [0.2, 0.25) is 0 Å². The smallest absolute Gasteiger partial charge is 0.261 e. The molecule has 30 heavy (non-hydrogen) atoms. The highest BCUT2D eigenvalue weighted by Gasteiger charge is 2.36. The monoisotopic (exact) mass is 404 g/mol. The summed E-state index contributed by atoms with van der Waals surface area (Å²) in [5, 5.41) is 0. The Kier molecular flexibility index (Phi) is 5.08. The van der Waals surface area contributed by atoms with Crippen LogP contribution in [0.5, 0.6) is 0 Å². The van der Waals surface area contributed by atoms with Crippen molar-refractivity contribution in [3.8, 4) is 0 Å². The lowest BCUT2D eigenvalue weighted by atomic mass is 10.1. The van der Waals surface area contributed by atoms with Gasteiger partial charge in [-0.15, -0.1) is 0 Å². The fourth-order valence-electron chi connectivity index (χ4n) is 3.93. The molecule has 5 nitrogen and oxygen atoms in total. The molecule has 0 fully saturated rings. The van der Waals surface area contributed by atoms with Crippen LogP contribution in [0.15, 0.2) is 54.6 Å². The summed E-state index contributed by atoms with van der Waals surface area (Å²) < 4.78 is 15.1. The molecule has 0 unspecified atom stereocenters. The van der Waals surface area contributed by atoms with E-state index in [4.69, 9.17) is 0 Å². The molecule has 0 radical (unpaired) electrons. The van der Waals surface area contributed by atoms with E-state index in [2.05, 4.69) is 0 Å². The van der Waals surface area contributed by atoms with Crippen molar-refractivity contribution in [2.45, 2.75) is 26.8 Å². The Morgan fingerprint density at radius 3 is 2.13 bits per heavy atom. The topological polar surface area (TPSA) is 59.4 Å². The Bertz CT molecular complexity index is 1130. The van der Waals surface area contributed by atoms with Gasteiger partial charge in [0.05, 0.1) is 17.7 Å². The number of hydrogen-bond donors (Lipinski definition) is 0. The molecule has 0 atom stereocenters. The molecule has 0 bridgehead atoms. The van der Waals surface area contributed by atoms with Gasteiger partial charge < -0.3 is 4.57 Å². The number of rotatable bonds is 6. The van der Waals surface area contributed by atoms with Gasteiger partial charge in [-0.25, -0.2) is 4.39 Å². The maximum Gasteiger partial charge on any atom is 0.261 e. The van der Waals surface area contributed by atoms with E-state index in [-0.39, 0.29) is 18.1 Å². The summed E-state index contributed by atoms with van der Waals surface area (Å²) in [7, 11) is 0. The van der Waals surface area contributed by atoms with Gasteiger partial charge in [0.15, 0.2) is 5.78 Å². The first-order valence-corrected chi connectivity index (χ1v) is 9.76. The van der Waals surface area contributed by atoms with Crippen molar-refractivity contribution < 1.29 is 18.8 Å². The highest BCUT2D eigenvalue weighted by molar-refractivity contribution is 6.23. The van der Waals surface area contributed by atoms with Gasteiger partial charge in [0.1, 0.15) is 5.82 Å². The number of hydrogen-bond acceptors (Lipinski definition) is 3. The number of aryl methyl sites for hydroxylation is 2. The van der Waals surface area contributed by atoms with Crippen molar-refractivity contribution >= 4 is 17.6 Å². The maximum absolute atomic E-state index is 13.1. The second-order valence-corrected chi connectivity index (χ2v) is 7.48. The van der Waals surface area contributed by atoms with Crippen molar-refractivity contribution in [3.05, 3.63) is 94.1 Å². The molecule has 0 spiro atoms. The van der Waals surface area contributed by atoms with Crippen molar-refractivity contribution in [1.82, 2.24) is 9.47 Å². The third kappa shape index (κ3) is 3.45. The molecule has 4 rings (SSSR count). The number of aromatic nitrogens is 1. The van der Waals surface area contributed by atoms with Crippen LogP contribution in [-0.2, 0) is 13.0 Å². The Labute approximate surface area is 173 Å². The van der Waals surface area contributed by atoms with Gasteiger partial charge in [-0.05, 0) is 56.2 Å². The van der Waals surface area contributed by atoms with E-state index in [1.54, 1.807) is 42.5 Å². The average Bonchev–Trinajstić information content (AvgIpc) is 3.16. The minimum Gasteiger partial charge on any atom is -0.348 e. The molecule has 1 aromatic heterocycles. The lowest BCUT2D eigenvalue weighted by molar-refractivity contribution is 0.0624. The van der Waals surface area contributed by atoms with Crippen LogP contribution in [0.4, 0.5) is 4.39 Å². The van der Waals surface area contributed by atoms with Gasteiger partial charge >= 0.3 is 0 Å². The zero-order valence-electron chi connectivity index (χ0n) is 16.8. The molecule has 1 aliphatic rings. The van der Waals surface area contributed by atoms with Crippen LogP contribution in [0.2, 0.25) is 0 Å². The molecule has 6 heteroatoms. The Hall–Kier alpha value is -3.54. The predicted octanol–water partition coefficient (Wildman–Crippen LogP) is 3.97. The Morgan fingerprint density at radius 2 is 1.53 bits per heavy atom. The number of fused-ring (bicyclic) bond motifs is 1. The van der Waals surface area contributed by atoms with E-state index in [1.807, 2.05) is 18.4 Å². The highest BCUT2D eigenvalue weighted by atomic mass is 19.1. The quantitative estimate of drug-likeness (QED) is 0.461. The molecule has 0 saturated heterocycles. The standard InChI is InChI=1S/C24H21FN2O3/c1-15-13-21(16(2)26(15)12-11-17-7-9-18(25)10-8-17)22(28)14-27-23(29)19-5-3-4-6-20(19)24(27)30/h3-10,13H,11-12,14H2,1-2H3. The molecule has 0 aliphatic carbocycles. The van der Waals surface area contributed by atoms with Gasteiger partial charge in [-0.2, -0.15) is 0 Å². The molecule has 3 aromatic rings. The fourth-order valence-corrected chi connectivity index (χ4v) is 3.93. The van der Waals surface area contributed by atoms with Crippen LogP contribution in [0.1, 0.15) is 48.0 Å². The molecule has 2 heterocycles. The third-order valence-corrected chi connectivity index (χ3v) is 5.59. The predicted molar refractivity (Wildman–Crippen MR) is 110 cm³/mol. The van der Waals surface area contributed by atoms with E-state index in [1.165, 1.54) is 12.1 Å². The van der Waals surface area contributed by atoms with E-state index in [0.717, 1.165) is 21.9 Å². The number of halogens is 1.